The number of aromatic nitrogens is 1. The molecule has 0 unspecified atom stereocenters. The number of aromatic amines is 1. The van der Waals surface area contributed by atoms with Gasteiger partial charge in [-0.3, -0.25) is 4.79 Å². The van der Waals surface area contributed by atoms with Gasteiger partial charge in [0.1, 0.15) is 0 Å². The van der Waals surface area contributed by atoms with Gasteiger partial charge in [0.25, 0.3) is 6.43 Å². The highest BCUT2D eigenvalue weighted by atomic mass is 79.9. The molecule has 0 aliphatic rings. The Kier molecular flexibility index (Phi) is 3.19. The van der Waals surface area contributed by atoms with E-state index < -0.39 is 17.4 Å². The van der Waals surface area contributed by atoms with E-state index in [-0.39, 0.29) is 5.69 Å². The van der Waals surface area contributed by atoms with Crippen LogP contribution in [0, 0.1) is 6.92 Å². The number of rotatable bonds is 2. The first-order chi connectivity index (χ1) is 6.06. The van der Waals surface area contributed by atoms with Crippen molar-refractivity contribution in [3.8, 4) is 0 Å². The number of hydrogen-bond donors (Lipinski definition) is 1. The van der Waals surface area contributed by atoms with E-state index in [0.717, 1.165) is 0 Å². The van der Waals surface area contributed by atoms with Crippen LogP contribution < -0.4 is 5.43 Å². The number of alkyl halides is 3. The van der Waals surface area contributed by atoms with Gasteiger partial charge in [0.15, 0.2) is 5.43 Å². The fourth-order valence-electron chi connectivity index (χ4n) is 1.11. The summed E-state index contributed by atoms with van der Waals surface area (Å²) in [6.07, 6.45) is -2.71. The van der Waals surface area contributed by atoms with Crippen LogP contribution in [0.15, 0.2) is 10.9 Å². The Morgan fingerprint density at radius 3 is 2.62 bits per heavy atom. The molecule has 0 atom stereocenters. The van der Waals surface area contributed by atoms with Crippen LogP contribution in [0.3, 0.4) is 0 Å². The number of nitrogens with one attached hydrogen (secondary N) is 1. The molecule has 0 amide bonds. The van der Waals surface area contributed by atoms with Crippen LogP contribution in [0.5, 0.6) is 0 Å². The van der Waals surface area contributed by atoms with E-state index in [9.17, 15) is 13.6 Å². The van der Waals surface area contributed by atoms with Crippen LogP contribution in [0.25, 0.3) is 0 Å². The van der Waals surface area contributed by atoms with E-state index >= 15 is 0 Å². The lowest BCUT2D eigenvalue weighted by Crippen LogP contribution is -2.13. The average molecular weight is 252 g/mol. The molecule has 72 valence electrons. The van der Waals surface area contributed by atoms with E-state index in [4.69, 9.17) is 0 Å². The highest BCUT2D eigenvalue weighted by Crippen LogP contribution is 2.17. The Morgan fingerprint density at radius 1 is 1.62 bits per heavy atom. The predicted molar refractivity (Wildman–Crippen MR) is 49.4 cm³/mol. The van der Waals surface area contributed by atoms with Crippen molar-refractivity contribution in [2.75, 3.05) is 0 Å². The maximum absolute atomic E-state index is 12.3. The van der Waals surface area contributed by atoms with Crippen molar-refractivity contribution in [3.63, 3.8) is 0 Å². The second-order valence-electron chi connectivity index (χ2n) is 2.63. The van der Waals surface area contributed by atoms with E-state index in [1.165, 1.54) is 13.0 Å². The van der Waals surface area contributed by atoms with Crippen molar-refractivity contribution < 1.29 is 8.78 Å². The molecule has 13 heavy (non-hydrogen) atoms. The Morgan fingerprint density at radius 2 is 2.23 bits per heavy atom. The fourth-order valence-corrected chi connectivity index (χ4v) is 1.41. The SMILES string of the molecule is Cc1[nH]c(CBr)cc(=O)c1C(F)F. The molecule has 0 aliphatic heterocycles. The second kappa shape index (κ2) is 4.00. The summed E-state index contributed by atoms with van der Waals surface area (Å²) in [6.45, 7) is 1.47. The predicted octanol–water partition coefficient (Wildman–Crippen LogP) is 2.52. The Bertz CT molecular complexity index is 362. The lowest BCUT2D eigenvalue weighted by atomic mass is 10.2. The minimum Gasteiger partial charge on any atom is -0.361 e. The first-order valence-corrected chi connectivity index (χ1v) is 4.75. The molecule has 1 aromatic rings. The van der Waals surface area contributed by atoms with Gasteiger partial charge in [-0.05, 0) is 6.92 Å². The van der Waals surface area contributed by atoms with E-state index in [1.54, 1.807) is 0 Å². The van der Waals surface area contributed by atoms with Crippen LogP contribution in [0.2, 0.25) is 0 Å². The van der Waals surface area contributed by atoms with Gasteiger partial charge < -0.3 is 4.98 Å². The molecule has 0 saturated heterocycles. The standard InChI is InChI=1S/C8H8BrF2NO/c1-4-7(8(10)11)6(13)2-5(3-9)12-4/h2,8H,3H2,1H3,(H,12,13). The minimum absolute atomic E-state index is 0.233. The molecule has 1 aromatic heterocycles. The average Bonchev–Trinajstić information content (AvgIpc) is 2.02. The second-order valence-corrected chi connectivity index (χ2v) is 3.19. The molecule has 0 bridgehead atoms. The Hall–Kier alpha value is -0.710. The molecule has 0 spiro atoms. The van der Waals surface area contributed by atoms with Crippen LogP contribution in [0.1, 0.15) is 23.4 Å². The van der Waals surface area contributed by atoms with Crippen molar-refractivity contribution in [2.45, 2.75) is 18.7 Å². The summed E-state index contributed by atoms with van der Waals surface area (Å²) in [7, 11) is 0. The maximum atomic E-state index is 12.3. The summed E-state index contributed by atoms with van der Waals surface area (Å²) in [5.41, 5.74) is -0.214. The van der Waals surface area contributed by atoms with Gasteiger partial charge in [-0.1, -0.05) is 15.9 Å². The highest BCUT2D eigenvalue weighted by molar-refractivity contribution is 9.08. The number of aryl methyl sites for hydroxylation is 1. The first-order valence-electron chi connectivity index (χ1n) is 3.63. The van der Waals surface area contributed by atoms with Crippen molar-refractivity contribution in [1.29, 1.82) is 0 Å². The summed E-state index contributed by atoms with van der Waals surface area (Å²) < 4.78 is 24.6. The third-order valence-corrected chi connectivity index (χ3v) is 2.29. The van der Waals surface area contributed by atoms with Gasteiger partial charge in [0.05, 0.1) is 5.56 Å². The molecular weight excluding hydrogens is 244 g/mol. The Balaban J connectivity index is 3.32. The topological polar surface area (TPSA) is 32.9 Å². The zero-order valence-corrected chi connectivity index (χ0v) is 8.49. The smallest absolute Gasteiger partial charge is 0.269 e. The number of halogens is 3. The molecule has 1 heterocycles. The number of pyridine rings is 1. The van der Waals surface area contributed by atoms with E-state index in [2.05, 4.69) is 20.9 Å². The zero-order valence-electron chi connectivity index (χ0n) is 6.90. The lowest BCUT2D eigenvalue weighted by molar-refractivity contribution is 0.149. The van der Waals surface area contributed by atoms with E-state index in [0.29, 0.717) is 11.0 Å². The van der Waals surface area contributed by atoms with Gasteiger partial charge in [-0.15, -0.1) is 0 Å². The van der Waals surface area contributed by atoms with Crippen molar-refractivity contribution in [3.05, 3.63) is 33.2 Å². The van der Waals surface area contributed by atoms with E-state index in [1.807, 2.05) is 0 Å². The number of H-pyrrole nitrogens is 1. The summed E-state index contributed by atoms with van der Waals surface area (Å²) in [6, 6.07) is 1.18. The molecule has 0 saturated carbocycles. The van der Waals surface area contributed by atoms with Crippen LogP contribution in [-0.4, -0.2) is 4.98 Å². The van der Waals surface area contributed by atoms with Gasteiger partial charge in [-0.2, -0.15) is 0 Å². The fraction of sp³-hybridized carbons (Fsp3) is 0.375. The highest BCUT2D eigenvalue weighted by Gasteiger charge is 2.15. The number of hydrogen-bond acceptors (Lipinski definition) is 1. The molecule has 0 aromatic carbocycles. The third-order valence-electron chi connectivity index (χ3n) is 1.69. The van der Waals surface area contributed by atoms with Crippen LogP contribution in [-0.2, 0) is 5.33 Å². The molecule has 1 rings (SSSR count). The van der Waals surface area contributed by atoms with Gasteiger partial charge >= 0.3 is 0 Å². The van der Waals surface area contributed by atoms with Gasteiger partial charge in [0.2, 0.25) is 0 Å². The zero-order chi connectivity index (χ0) is 10.0. The molecule has 1 N–H and O–H groups in total. The molecule has 5 heteroatoms. The van der Waals surface area contributed by atoms with Crippen molar-refractivity contribution in [2.24, 2.45) is 0 Å². The summed E-state index contributed by atoms with van der Waals surface area (Å²) in [4.78, 5) is 13.9. The van der Waals surface area contributed by atoms with Crippen molar-refractivity contribution in [1.82, 2.24) is 4.98 Å². The molecule has 2 nitrogen and oxygen atoms in total. The summed E-state index contributed by atoms with van der Waals surface area (Å²) in [5.74, 6) is 0. The molecule has 0 radical (unpaired) electrons. The quantitative estimate of drug-likeness (QED) is 0.806. The molecular formula is C8H8BrF2NO. The monoisotopic (exact) mass is 251 g/mol. The summed E-state index contributed by atoms with van der Waals surface area (Å²) >= 11 is 3.13. The van der Waals surface area contributed by atoms with Gasteiger partial charge in [0, 0.05) is 22.8 Å². The first kappa shape index (κ1) is 10.4. The lowest BCUT2D eigenvalue weighted by Gasteiger charge is -2.05. The summed E-state index contributed by atoms with van der Waals surface area (Å²) in [5, 5.41) is 0.451. The Labute approximate surface area is 82.1 Å². The third kappa shape index (κ3) is 2.15. The van der Waals surface area contributed by atoms with Crippen LogP contribution in [0.4, 0.5) is 8.78 Å². The minimum atomic E-state index is -2.71. The van der Waals surface area contributed by atoms with Gasteiger partial charge in [-0.25, -0.2) is 8.78 Å². The largest absolute Gasteiger partial charge is 0.361 e. The maximum Gasteiger partial charge on any atom is 0.269 e. The molecule has 0 fully saturated rings. The molecule has 0 aliphatic carbocycles. The normalized spacial score (nSPS) is 10.8. The van der Waals surface area contributed by atoms with Crippen molar-refractivity contribution >= 4 is 15.9 Å². The van der Waals surface area contributed by atoms with Crippen LogP contribution >= 0.6 is 15.9 Å².